The van der Waals surface area contributed by atoms with Crippen LogP contribution in [0.4, 0.5) is 5.69 Å². The van der Waals surface area contributed by atoms with Crippen molar-refractivity contribution in [2.45, 2.75) is 58.1 Å². The third kappa shape index (κ3) is 5.80. The van der Waals surface area contributed by atoms with Gasteiger partial charge in [0.15, 0.2) is 6.10 Å². The molecular weight excluding hydrogens is 444 g/mol. The normalized spacial score (nSPS) is 12.7. The monoisotopic (exact) mass is 472 g/mol. The first-order valence-electron chi connectivity index (χ1n) is 10.6. The molecule has 176 valence electrons. The van der Waals surface area contributed by atoms with Crippen LogP contribution in [-0.4, -0.2) is 32.4 Å². The number of hydrogen-bond acceptors (Lipinski definition) is 6. The first-order chi connectivity index (χ1) is 15.5. The lowest BCUT2D eigenvalue weighted by molar-refractivity contribution is -0.152. The van der Waals surface area contributed by atoms with Gasteiger partial charge in [0.05, 0.1) is 17.6 Å². The lowest BCUT2D eigenvalue weighted by Crippen LogP contribution is -2.31. The molecule has 2 N–H and O–H groups in total. The van der Waals surface area contributed by atoms with Crippen LogP contribution < -0.4 is 10.0 Å². The van der Waals surface area contributed by atoms with Gasteiger partial charge in [-0.3, -0.25) is 9.59 Å². The number of nitrogens with one attached hydrogen (secondary N) is 2. The van der Waals surface area contributed by atoms with Gasteiger partial charge in [0.25, 0.3) is 5.91 Å². The molecule has 0 saturated carbocycles. The van der Waals surface area contributed by atoms with E-state index in [1.165, 1.54) is 37.5 Å². The summed E-state index contributed by atoms with van der Waals surface area (Å²) in [6.45, 7) is 8.87. The summed E-state index contributed by atoms with van der Waals surface area (Å²) in [4.78, 5) is 24.9. The van der Waals surface area contributed by atoms with Crippen LogP contribution in [0.5, 0.6) is 0 Å². The van der Waals surface area contributed by atoms with Gasteiger partial charge in [-0.25, -0.2) is 13.1 Å². The van der Waals surface area contributed by atoms with Crippen LogP contribution >= 0.6 is 0 Å². The van der Waals surface area contributed by atoms with Gasteiger partial charge in [-0.2, -0.15) is 0 Å². The van der Waals surface area contributed by atoms with Crippen LogP contribution in [0.3, 0.4) is 0 Å². The van der Waals surface area contributed by atoms with E-state index in [2.05, 4.69) is 10.0 Å². The average Bonchev–Trinajstić information content (AvgIpc) is 3.13. The van der Waals surface area contributed by atoms with E-state index in [9.17, 15) is 18.0 Å². The Morgan fingerprint density at radius 1 is 1.03 bits per heavy atom. The molecule has 0 aliphatic carbocycles. The average molecular weight is 473 g/mol. The van der Waals surface area contributed by atoms with E-state index >= 15 is 0 Å². The molecule has 0 fully saturated rings. The van der Waals surface area contributed by atoms with E-state index in [1.807, 2.05) is 26.0 Å². The topological polar surface area (TPSA) is 115 Å². The summed E-state index contributed by atoms with van der Waals surface area (Å²) < 4.78 is 37.8. The Kier molecular flexibility index (Phi) is 7.24. The van der Waals surface area contributed by atoms with Crippen LogP contribution in [-0.2, 0) is 30.8 Å². The summed E-state index contributed by atoms with van der Waals surface area (Å²) in [5, 5.41) is 3.46. The Morgan fingerprint density at radius 2 is 1.70 bits per heavy atom. The first-order valence-corrected chi connectivity index (χ1v) is 12.0. The van der Waals surface area contributed by atoms with Crippen molar-refractivity contribution < 1.29 is 27.2 Å². The second kappa shape index (κ2) is 9.76. The number of rotatable bonds is 8. The number of fused-ring (bicyclic) bond motifs is 1. The zero-order valence-electron chi connectivity index (χ0n) is 19.3. The van der Waals surface area contributed by atoms with Gasteiger partial charge in [-0.1, -0.05) is 12.1 Å². The molecule has 1 atom stereocenters. The van der Waals surface area contributed by atoms with E-state index in [4.69, 9.17) is 9.15 Å². The van der Waals surface area contributed by atoms with E-state index < -0.39 is 28.0 Å². The maximum Gasteiger partial charge on any atom is 0.311 e. The van der Waals surface area contributed by atoms with Gasteiger partial charge in [-0.15, -0.1) is 0 Å². The predicted octanol–water partition coefficient (Wildman–Crippen LogP) is 3.85. The molecular formula is C24H28N2O6S. The molecule has 0 aliphatic rings. The van der Waals surface area contributed by atoms with E-state index in [0.717, 1.165) is 22.1 Å². The Hall–Kier alpha value is -3.17. The highest BCUT2D eigenvalue weighted by Crippen LogP contribution is 2.27. The number of hydrogen-bond donors (Lipinski definition) is 2. The minimum atomic E-state index is -3.62. The van der Waals surface area contributed by atoms with Gasteiger partial charge in [0.2, 0.25) is 10.0 Å². The van der Waals surface area contributed by atoms with Crippen LogP contribution in [0.2, 0.25) is 0 Å². The van der Waals surface area contributed by atoms with Gasteiger partial charge >= 0.3 is 5.97 Å². The maximum absolute atomic E-state index is 12.4. The zero-order chi connectivity index (χ0) is 24.3. The molecule has 1 heterocycles. The van der Waals surface area contributed by atoms with E-state index in [1.54, 1.807) is 13.8 Å². The number of benzene rings is 2. The highest BCUT2D eigenvalue weighted by atomic mass is 32.2. The van der Waals surface area contributed by atoms with Crippen molar-refractivity contribution in [1.82, 2.24) is 4.72 Å². The molecule has 1 unspecified atom stereocenters. The minimum absolute atomic E-state index is 0.0253. The molecule has 3 rings (SSSR count). The molecule has 1 amide bonds. The largest absolute Gasteiger partial charge is 0.464 e. The molecule has 1 aromatic heterocycles. The third-order valence-electron chi connectivity index (χ3n) is 5.18. The van der Waals surface area contributed by atoms with Crippen molar-refractivity contribution in [3.05, 3.63) is 59.4 Å². The number of sulfonamides is 1. The minimum Gasteiger partial charge on any atom is -0.464 e. The fraction of sp³-hybridized carbons (Fsp3) is 0.333. The number of carbonyl (C=O) groups excluding carboxylic acids is 2. The second-order valence-corrected chi connectivity index (χ2v) is 9.96. The van der Waals surface area contributed by atoms with E-state index in [-0.39, 0.29) is 17.4 Å². The molecule has 0 radical (unpaired) electrons. The SMILES string of the molecule is Cc1ccc2c(CC(=O)OC(C)C(=O)Nc3ccc(S(=O)(=O)NC(C)C)cc3)coc2c1C. The number of anilines is 1. The number of amides is 1. The van der Waals surface area contributed by atoms with Crippen molar-refractivity contribution in [2.24, 2.45) is 0 Å². The Bertz CT molecular complexity index is 1280. The lowest BCUT2D eigenvalue weighted by Gasteiger charge is -2.14. The molecule has 0 bridgehead atoms. The maximum atomic E-state index is 12.4. The van der Waals surface area contributed by atoms with Crippen molar-refractivity contribution in [3.8, 4) is 0 Å². The van der Waals surface area contributed by atoms with Crippen LogP contribution in [0.25, 0.3) is 11.0 Å². The Labute approximate surface area is 193 Å². The van der Waals surface area contributed by atoms with Crippen molar-refractivity contribution in [1.29, 1.82) is 0 Å². The molecule has 0 aliphatic heterocycles. The van der Waals surface area contributed by atoms with Crippen LogP contribution in [0, 0.1) is 13.8 Å². The molecule has 8 nitrogen and oxygen atoms in total. The first kappa shape index (κ1) is 24.5. The second-order valence-electron chi connectivity index (χ2n) is 8.24. The molecule has 9 heteroatoms. The summed E-state index contributed by atoms with van der Waals surface area (Å²) in [5.41, 5.74) is 3.92. The summed E-state index contributed by atoms with van der Waals surface area (Å²) >= 11 is 0. The summed E-state index contributed by atoms with van der Waals surface area (Å²) in [6, 6.07) is 9.37. The summed E-state index contributed by atoms with van der Waals surface area (Å²) in [6.07, 6.45) is 0.473. The lowest BCUT2D eigenvalue weighted by atomic mass is 10.0. The fourth-order valence-corrected chi connectivity index (χ4v) is 4.56. The van der Waals surface area contributed by atoms with E-state index in [0.29, 0.717) is 11.3 Å². The summed E-state index contributed by atoms with van der Waals surface area (Å²) in [7, 11) is -3.62. The third-order valence-corrected chi connectivity index (χ3v) is 6.85. The molecule has 0 spiro atoms. The zero-order valence-corrected chi connectivity index (χ0v) is 20.1. The number of aryl methyl sites for hydroxylation is 2. The van der Waals surface area contributed by atoms with Gasteiger partial charge in [0, 0.05) is 22.7 Å². The fourth-order valence-electron chi connectivity index (χ4n) is 3.31. The van der Waals surface area contributed by atoms with Crippen molar-refractivity contribution in [2.75, 3.05) is 5.32 Å². The highest BCUT2D eigenvalue weighted by molar-refractivity contribution is 7.89. The van der Waals surface area contributed by atoms with Gasteiger partial charge in [0.1, 0.15) is 5.58 Å². The Balaban J connectivity index is 1.59. The summed E-state index contributed by atoms with van der Waals surface area (Å²) in [5.74, 6) is -1.08. The van der Waals surface area contributed by atoms with Gasteiger partial charge < -0.3 is 14.5 Å². The number of esters is 1. The Morgan fingerprint density at radius 3 is 2.33 bits per heavy atom. The quantitative estimate of drug-likeness (QED) is 0.481. The van der Waals surface area contributed by atoms with Crippen molar-refractivity contribution >= 4 is 38.6 Å². The number of carbonyl (C=O) groups is 2. The smallest absolute Gasteiger partial charge is 0.311 e. The number of furan rings is 1. The number of ether oxygens (including phenoxy) is 1. The van der Waals surface area contributed by atoms with Crippen LogP contribution in [0.15, 0.2) is 52.0 Å². The molecule has 33 heavy (non-hydrogen) atoms. The molecule has 2 aromatic carbocycles. The van der Waals surface area contributed by atoms with Crippen molar-refractivity contribution in [3.63, 3.8) is 0 Å². The standard InChI is InChI=1S/C24H28N2O6S/c1-14(2)26-33(29,30)20-9-7-19(8-10-20)25-24(28)17(5)32-22(27)12-18-13-31-23-16(4)15(3)6-11-21(18)23/h6-11,13-14,17,26H,12H2,1-5H3,(H,25,28). The highest BCUT2D eigenvalue weighted by Gasteiger charge is 2.21. The predicted molar refractivity (Wildman–Crippen MR) is 125 cm³/mol. The van der Waals surface area contributed by atoms with Gasteiger partial charge in [-0.05, 0) is 70.0 Å². The molecule has 3 aromatic rings. The van der Waals surface area contributed by atoms with Crippen LogP contribution in [0.1, 0.15) is 37.5 Å². The molecule has 0 saturated heterocycles.